The van der Waals surface area contributed by atoms with Crippen molar-refractivity contribution in [2.45, 2.75) is 26.3 Å². The zero-order valence-corrected chi connectivity index (χ0v) is 18.8. The van der Waals surface area contributed by atoms with Crippen molar-refractivity contribution in [3.05, 3.63) is 54.0 Å². The molecule has 3 rings (SSSR count). The van der Waals surface area contributed by atoms with Crippen molar-refractivity contribution >= 4 is 33.2 Å². The van der Waals surface area contributed by atoms with Crippen molar-refractivity contribution in [2.24, 2.45) is 5.92 Å². The first-order valence-electron chi connectivity index (χ1n) is 10.3. The summed E-state index contributed by atoms with van der Waals surface area (Å²) in [4.78, 5) is 31.0. The Morgan fingerprint density at radius 1 is 1.25 bits per heavy atom. The molecule has 0 saturated carbocycles. The molecule has 8 nitrogen and oxygen atoms in total. The zero-order chi connectivity index (χ0) is 23.3. The fraction of sp³-hybridized carbons (Fsp3) is 0.409. The minimum Gasteiger partial charge on any atom is -0.452 e. The van der Waals surface area contributed by atoms with Crippen LogP contribution in [0.5, 0.6) is 0 Å². The number of rotatable bonds is 8. The van der Waals surface area contributed by atoms with Gasteiger partial charge in [0.15, 0.2) is 16.4 Å². The number of amides is 1. The first kappa shape index (κ1) is 23.6. The lowest BCUT2D eigenvalue weighted by Crippen LogP contribution is -2.45. The van der Waals surface area contributed by atoms with Crippen molar-refractivity contribution in [3.8, 4) is 0 Å². The lowest BCUT2D eigenvalue weighted by molar-refractivity contribution is -0.137. The van der Waals surface area contributed by atoms with E-state index in [4.69, 9.17) is 4.74 Å². The molecule has 0 radical (unpaired) electrons. The Morgan fingerprint density at radius 3 is 2.66 bits per heavy atom. The highest BCUT2D eigenvalue weighted by atomic mass is 32.2. The van der Waals surface area contributed by atoms with Crippen LogP contribution in [0.15, 0.2) is 42.6 Å². The summed E-state index contributed by atoms with van der Waals surface area (Å²) < 4.78 is 42.9. The molecule has 1 aliphatic rings. The monoisotopic (exact) mass is 463 g/mol. The minimum atomic E-state index is -3.17. The molecule has 0 aliphatic carbocycles. The molecule has 0 spiro atoms. The Bertz CT molecular complexity index is 1090. The van der Waals surface area contributed by atoms with Gasteiger partial charge in [-0.25, -0.2) is 22.6 Å². The summed E-state index contributed by atoms with van der Waals surface area (Å²) in [6.45, 7) is 3.68. The van der Waals surface area contributed by atoms with E-state index in [2.05, 4.69) is 10.3 Å². The molecule has 1 N–H and O–H groups in total. The Morgan fingerprint density at radius 2 is 2.00 bits per heavy atom. The van der Waals surface area contributed by atoms with Gasteiger partial charge in [0, 0.05) is 18.8 Å². The number of esters is 1. The second-order valence-electron chi connectivity index (χ2n) is 8.08. The normalized spacial score (nSPS) is 17.2. The third kappa shape index (κ3) is 6.03. The summed E-state index contributed by atoms with van der Waals surface area (Å²) in [5.41, 5.74) is 0.185. The molecule has 32 heavy (non-hydrogen) atoms. The van der Waals surface area contributed by atoms with Gasteiger partial charge in [-0.05, 0) is 36.6 Å². The van der Waals surface area contributed by atoms with Crippen molar-refractivity contribution in [2.75, 3.05) is 30.0 Å². The Labute approximate surface area is 186 Å². The van der Waals surface area contributed by atoms with Crippen LogP contribution in [0.4, 0.5) is 15.9 Å². The SMILES string of the molecule is CC(C)CN(C(=O)COC(=O)c1cccnc1Nc1ccccc1F)C1CCS(=O)(=O)C1. The molecular weight excluding hydrogens is 437 g/mol. The number of carbonyl (C=O) groups excluding carboxylic acids is 2. The molecule has 1 amide bonds. The van der Waals surface area contributed by atoms with Crippen molar-refractivity contribution in [1.29, 1.82) is 0 Å². The van der Waals surface area contributed by atoms with E-state index < -0.39 is 40.2 Å². The van der Waals surface area contributed by atoms with Gasteiger partial charge in [0.25, 0.3) is 5.91 Å². The number of sulfone groups is 1. The van der Waals surface area contributed by atoms with E-state index in [1.165, 1.54) is 41.4 Å². The van der Waals surface area contributed by atoms with Gasteiger partial charge in [-0.15, -0.1) is 0 Å². The summed E-state index contributed by atoms with van der Waals surface area (Å²) >= 11 is 0. The van der Waals surface area contributed by atoms with Crippen LogP contribution in [0.25, 0.3) is 0 Å². The smallest absolute Gasteiger partial charge is 0.342 e. The van der Waals surface area contributed by atoms with E-state index >= 15 is 0 Å². The van der Waals surface area contributed by atoms with E-state index in [9.17, 15) is 22.4 Å². The van der Waals surface area contributed by atoms with Gasteiger partial charge in [0.2, 0.25) is 0 Å². The topological polar surface area (TPSA) is 106 Å². The van der Waals surface area contributed by atoms with Gasteiger partial charge in [-0.3, -0.25) is 4.79 Å². The van der Waals surface area contributed by atoms with Gasteiger partial charge >= 0.3 is 5.97 Å². The molecule has 1 aromatic carbocycles. The van der Waals surface area contributed by atoms with Crippen LogP contribution in [0, 0.1) is 11.7 Å². The first-order chi connectivity index (χ1) is 15.2. The third-order valence-corrected chi connectivity index (χ3v) is 6.76. The molecule has 10 heteroatoms. The fourth-order valence-electron chi connectivity index (χ4n) is 3.52. The number of hydrogen-bond acceptors (Lipinski definition) is 7. The van der Waals surface area contributed by atoms with E-state index in [0.717, 1.165) is 0 Å². The predicted molar refractivity (Wildman–Crippen MR) is 118 cm³/mol. The van der Waals surface area contributed by atoms with Gasteiger partial charge in [-0.2, -0.15) is 0 Å². The van der Waals surface area contributed by atoms with Gasteiger partial charge in [0.05, 0.1) is 17.2 Å². The summed E-state index contributed by atoms with van der Waals surface area (Å²) in [7, 11) is -3.17. The average Bonchev–Trinajstić information content (AvgIpc) is 3.11. The second kappa shape index (κ2) is 10.1. The van der Waals surface area contributed by atoms with E-state index in [1.807, 2.05) is 13.8 Å². The molecule has 1 unspecified atom stereocenters. The van der Waals surface area contributed by atoms with Crippen molar-refractivity contribution < 1.29 is 27.1 Å². The molecule has 1 aliphatic heterocycles. The van der Waals surface area contributed by atoms with Crippen LogP contribution in [-0.2, 0) is 19.4 Å². The number of carbonyl (C=O) groups is 2. The molecule has 2 heterocycles. The maximum Gasteiger partial charge on any atom is 0.342 e. The number of ether oxygens (including phenoxy) is 1. The highest BCUT2D eigenvalue weighted by molar-refractivity contribution is 7.91. The molecule has 1 aromatic heterocycles. The standard InChI is InChI=1S/C22H26FN3O5S/c1-15(2)12-26(16-9-11-32(29,30)14-16)20(27)13-31-22(28)17-6-5-10-24-21(17)25-19-8-4-3-7-18(19)23/h3-8,10,15-16H,9,11-14H2,1-2H3,(H,24,25). The van der Waals surface area contributed by atoms with Crippen LogP contribution < -0.4 is 5.32 Å². The summed E-state index contributed by atoms with van der Waals surface area (Å²) in [6, 6.07) is 8.51. The Hall–Kier alpha value is -3.01. The maximum atomic E-state index is 14.0. The number of aromatic nitrogens is 1. The number of halogens is 1. The summed E-state index contributed by atoms with van der Waals surface area (Å²) in [6.07, 6.45) is 1.81. The zero-order valence-electron chi connectivity index (χ0n) is 18.0. The fourth-order valence-corrected chi connectivity index (χ4v) is 5.25. The van der Waals surface area contributed by atoms with E-state index in [-0.39, 0.29) is 34.5 Å². The minimum absolute atomic E-state index is 0.0418. The number of benzene rings is 1. The molecule has 172 valence electrons. The molecule has 2 aromatic rings. The molecule has 0 bridgehead atoms. The Balaban J connectivity index is 1.69. The van der Waals surface area contributed by atoms with Gasteiger partial charge < -0.3 is 15.0 Å². The van der Waals surface area contributed by atoms with E-state index in [0.29, 0.717) is 13.0 Å². The van der Waals surface area contributed by atoms with Crippen molar-refractivity contribution in [3.63, 3.8) is 0 Å². The molecular formula is C22H26FN3O5S. The molecule has 1 fully saturated rings. The van der Waals surface area contributed by atoms with Crippen LogP contribution in [0.1, 0.15) is 30.6 Å². The Kier molecular flexibility index (Phi) is 7.44. The molecule has 1 atom stereocenters. The van der Waals surface area contributed by atoms with Gasteiger partial charge in [-0.1, -0.05) is 26.0 Å². The summed E-state index contributed by atoms with van der Waals surface area (Å²) in [5, 5.41) is 2.76. The number of nitrogens with one attached hydrogen (secondary N) is 1. The number of hydrogen-bond donors (Lipinski definition) is 1. The highest BCUT2D eigenvalue weighted by Crippen LogP contribution is 2.22. The number of nitrogens with zero attached hydrogens (tertiary/aromatic N) is 2. The average molecular weight is 464 g/mol. The number of anilines is 2. The van der Waals surface area contributed by atoms with Crippen LogP contribution >= 0.6 is 0 Å². The van der Waals surface area contributed by atoms with Crippen LogP contribution in [0.2, 0.25) is 0 Å². The second-order valence-corrected chi connectivity index (χ2v) is 10.3. The number of para-hydroxylation sites is 1. The predicted octanol–water partition coefficient (Wildman–Crippen LogP) is 2.79. The lowest BCUT2D eigenvalue weighted by Gasteiger charge is -2.29. The van der Waals surface area contributed by atoms with Crippen LogP contribution in [0.3, 0.4) is 0 Å². The van der Waals surface area contributed by atoms with Crippen LogP contribution in [-0.4, -0.2) is 60.9 Å². The first-order valence-corrected chi connectivity index (χ1v) is 12.1. The highest BCUT2D eigenvalue weighted by Gasteiger charge is 2.35. The lowest BCUT2D eigenvalue weighted by atomic mass is 10.1. The quantitative estimate of drug-likeness (QED) is 0.600. The summed E-state index contributed by atoms with van der Waals surface area (Å²) in [5.74, 6) is -1.60. The van der Waals surface area contributed by atoms with Crippen molar-refractivity contribution in [1.82, 2.24) is 9.88 Å². The van der Waals surface area contributed by atoms with Gasteiger partial charge in [0.1, 0.15) is 17.2 Å². The number of pyridine rings is 1. The maximum absolute atomic E-state index is 14.0. The molecule has 1 saturated heterocycles. The largest absolute Gasteiger partial charge is 0.452 e. The van der Waals surface area contributed by atoms with E-state index in [1.54, 1.807) is 6.07 Å². The third-order valence-electron chi connectivity index (χ3n) is 5.01.